The van der Waals surface area contributed by atoms with Crippen molar-refractivity contribution in [3.8, 4) is 17.2 Å². The fourth-order valence-corrected chi connectivity index (χ4v) is 2.55. The van der Waals surface area contributed by atoms with Gasteiger partial charge in [-0.15, -0.1) is 24.0 Å². The van der Waals surface area contributed by atoms with Gasteiger partial charge >= 0.3 is 0 Å². The number of ether oxygens (including phenoxy) is 3. The molecule has 27 heavy (non-hydrogen) atoms. The average molecular weight is 511 g/mol. The van der Waals surface area contributed by atoms with Crippen LogP contribution in [-0.2, 0) is 6.42 Å². The molecular formula is C19H34IN3O3S. The maximum Gasteiger partial charge on any atom is 0.203 e. The number of thioether (sulfide) groups is 1. The van der Waals surface area contributed by atoms with Crippen LogP contribution in [0.2, 0.25) is 0 Å². The molecule has 0 saturated heterocycles. The number of nitrogens with one attached hydrogen (secondary N) is 2. The molecular weight excluding hydrogens is 477 g/mol. The molecule has 156 valence electrons. The van der Waals surface area contributed by atoms with E-state index < -0.39 is 0 Å². The monoisotopic (exact) mass is 511 g/mol. The Kier molecular flexibility index (Phi) is 12.7. The first kappa shape index (κ1) is 26.0. The summed E-state index contributed by atoms with van der Waals surface area (Å²) in [4.78, 5) is 4.69. The maximum atomic E-state index is 5.54. The van der Waals surface area contributed by atoms with Crippen molar-refractivity contribution < 1.29 is 14.2 Å². The topological polar surface area (TPSA) is 64.1 Å². The lowest BCUT2D eigenvalue weighted by Gasteiger charge is -2.20. The highest BCUT2D eigenvalue weighted by Gasteiger charge is 2.17. The van der Waals surface area contributed by atoms with Crippen LogP contribution in [0.5, 0.6) is 17.2 Å². The standard InChI is InChI=1S/C19H33N3O3S.HI/c1-8-20-18(22-13-19(2,3)26-7)21-12-11-14-9-10-15(23-4)17(25-6)16(14)24-5;/h9-10H,8,11-13H2,1-7H3,(H2,20,21,22);1H. The van der Waals surface area contributed by atoms with Crippen molar-refractivity contribution in [2.75, 3.05) is 47.2 Å². The molecule has 0 aliphatic rings. The second-order valence-electron chi connectivity index (χ2n) is 6.33. The Morgan fingerprint density at radius 3 is 2.26 bits per heavy atom. The van der Waals surface area contributed by atoms with Gasteiger partial charge in [-0.1, -0.05) is 6.07 Å². The number of methoxy groups -OCH3 is 3. The molecule has 0 unspecified atom stereocenters. The number of nitrogens with zero attached hydrogens (tertiary/aromatic N) is 1. The van der Waals surface area contributed by atoms with Gasteiger partial charge in [0.05, 0.1) is 27.9 Å². The summed E-state index contributed by atoms with van der Waals surface area (Å²) < 4.78 is 16.4. The molecule has 0 fully saturated rings. The van der Waals surface area contributed by atoms with Crippen LogP contribution in [0.4, 0.5) is 0 Å². The molecule has 0 spiro atoms. The zero-order valence-corrected chi connectivity index (χ0v) is 20.6. The van der Waals surface area contributed by atoms with E-state index in [2.05, 4.69) is 42.7 Å². The molecule has 0 aliphatic carbocycles. The van der Waals surface area contributed by atoms with Crippen molar-refractivity contribution in [2.24, 2.45) is 4.99 Å². The fraction of sp³-hybridized carbons (Fsp3) is 0.632. The molecule has 1 aromatic carbocycles. The third-order valence-electron chi connectivity index (χ3n) is 3.99. The van der Waals surface area contributed by atoms with Gasteiger partial charge in [0.1, 0.15) is 0 Å². The Morgan fingerprint density at radius 1 is 1.07 bits per heavy atom. The van der Waals surface area contributed by atoms with Crippen LogP contribution in [0.3, 0.4) is 0 Å². The Labute approximate surface area is 185 Å². The van der Waals surface area contributed by atoms with Gasteiger partial charge in [-0.05, 0) is 39.5 Å². The molecule has 1 aromatic rings. The van der Waals surface area contributed by atoms with Crippen LogP contribution < -0.4 is 24.8 Å². The smallest absolute Gasteiger partial charge is 0.203 e. The molecule has 0 radical (unpaired) electrons. The predicted molar refractivity (Wildman–Crippen MR) is 127 cm³/mol. The third-order valence-corrected chi connectivity index (χ3v) is 5.22. The first-order valence-corrected chi connectivity index (χ1v) is 10.00. The van der Waals surface area contributed by atoms with Crippen molar-refractivity contribution in [1.29, 1.82) is 0 Å². The van der Waals surface area contributed by atoms with Crippen molar-refractivity contribution in [3.63, 3.8) is 0 Å². The number of benzene rings is 1. The van der Waals surface area contributed by atoms with E-state index in [9.17, 15) is 0 Å². The van der Waals surface area contributed by atoms with Crippen LogP contribution >= 0.6 is 35.7 Å². The summed E-state index contributed by atoms with van der Waals surface area (Å²) in [5.41, 5.74) is 1.05. The average Bonchev–Trinajstić information content (AvgIpc) is 2.65. The number of hydrogen-bond acceptors (Lipinski definition) is 5. The van der Waals surface area contributed by atoms with Crippen molar-refractivity contribution in [2.45, 2.75) is 31.9 Å². The second-order valence-corrected chi connectivity index (χ2v) is 7.84. The number of guanidine groups is 1. The van der Waals surface area contributed by atoms with Crippen molar-refractivity contribution in [1.82, 2.24) is 10.6 Å². The highest BCUT2D eigenvalue weighted by molar-refractivity contribution is 14.0. The normalized spacial score (nSPS) is 11.4. The molecule has 8 heteroatoms. The fourth-order valence-electron chi connectivity index (χ4n) is 2.35. The summed E-state index contributed by atoms with van der Waals surface area (Å²) in [7, 11) is 4.88. The van der Waals surface area contributed by atoms with Crippen LogP contribution in [-0.4, -0.2) is 57.9 Å². The molecule has 0 aromatic heterocycles. The van der Waals surface area contributed by atoms with Crippen LogP contribution in [0.1, 0.15) is 26.3 Å². The quantitative estimate of drug-likeness (QED) is 0.285. The Hall–Kier alpha value is -1.03. The Bertz CT molecular complexity index is 598. The van der Waals surface area contributed by atoms with E-state index in [0.717, 1.165) is 37.6 Å². The minimum Gasteiger partial charge on any atom is -0.493 e. The summed E-state index contributed by atoms with van der Waals surface area (Å²) in [6, 6.07) is 3.90. The summed E-state index contributed by atoms with van der Waals surface area (Å²) >= 11 is 1.82. The first-order valence-electron chi connectivity index (χ1n) is 8.77. The molecule has 2 N–H and O–H groups in total. The van der Waals surface area contributed by atoms with Gasteiger partial charge in [0.15, 0.2) is 17.5 Å². The molecule has 6 nitrogen and oxygen atoms in total. The SMILES string of the molecule is CCNC(=NCC(C)(C)SC)NCCc1ccc(OC)c(OC)c1OC.I. The summed E-state index contributed by atoms with van der Waals surface area (Å²) in [6.07, 6.45) is 2.89. The van der Waals surface area contributed by atoms with E-state index in [1.807, 2.05) is 23.9 Å². The van der Waals surface area contributed by atoms with Gasteiger partial charge in [-0.25, -0.2) is 0 Å². The number of aliphatic imine (C=N–C) groups is 1. The van der Waals surface area contributed by atoms with Crippen molar-refractivity contribution in [3.05, 3.63) is 17.7 Å². The Morgan fingerprint density at radius 2 is 1.74 bits per heavy atom. The van der Waals surface area contributed by atoms with Gasteiger partial charge in [0.2, 0.25) is 5.75 Å². The largest absolute Gasteiger partial charge is 0.493 e. The van der Waals surface area contributed by atoms with Crippen molar-refractivity contribution >= 4 is 41.7 Å². The van der Waals surface area contributed by atoms with E-state index in [-0.39, 0.29) is 28.7 Å². The zero-order chi connectivity index (χ0) is 19.6. The zero-order valence-electron chi connectivity index (χ0n) is 17.5. The molecule has 1 rings (SSSR count). The van der Waals surface area contributed by atoms with Gasteiger partial charge in [-0.3, -0.25) is 4.99 Å². The highest BCUT2D eigenvalue weighted by Crippen LogP contribution is 2.39. The van der Waals surface area contributed by atoms with E-state index in [4.69, 9.17) is 14.2 Å². The van der Waals surface area contributed by atoms with Gasteiger partial charge < -0.3 is 24.8 Å². The summed E-state index contributed by atoms with van der Waals surface area (Å²) in [6.45, 7) is 8.76. The molecule has 0 atom stereocenters. The molecule has 0 bridgehead atoms. The summed E-state index contributed by atoms with van der Waals surface area (Å²) in [5, 5.41) is 6.67. The molecule has 0 amide bonds. The number of halogens is 1. The predicted octanol–water partition coefficient (Wildman–Crippen LogP) is 3.57. The molecule has 0 heterocycles. The number of hydrogen-bond donors (Lipinski definition) is 2. The van der Waals surface area contributed by atoms with Gasteiger partial charge in [-0.2, -0.15) is 11.8 Å². The van der Waals surface area contributed by atoms with Crippen LogP contribution in [0.25, 0.3) is 0 Å². The Balaban J connectivity index is 0.00000676. The van der Waals surface area contributed by atoms with Crippen LogP contribution in [0.15, 0.2) is 17.1 Å². The second kappa shape index (κ2) is 13.2. The third kappa shape index (κ3) is 8.25. The highest BCUT2D eigenvalue weighted by atomic mass is 127. The van der Waals surface area contributed by atoms with Gasteiger partial charge in [0.25, 0.3) is 0 Å². The lowest BCUT2D eigenvalue weighted by Crippen LogP contribution is -2.39. The van der Waals surface area contributed by atoms with E-state index >= 15 is 0 Å². The number of rotatable bonds is 10. The van der Waals surface area contributed by atoms with E-state index in [1.54, 1.807) is 21.3 Å². The molecule has 0 aliphatic heterocycles. The minimum atomic E-state index is 0. The van der Waals surface area contributed by atoms with E-state index in [1.165, 1.54) is 0 Å². The first-order chi connectivity index (χ1) is 12.4. The van der Waals surface area contributed by atoms with Gasteiger partial charge in [0, 0.05) is 23.4 Å². The molecule has 0 saturated carbocycles. The maximum absolute atomic E-state index is 5.54. The lowest BCUT2D eigenvalue weighted by molar-refractivity contribution is 0.322. The van der Waals surface area contributed by atoms with E-state index in [0.29, 0.717) is 17.2 Å². The lowest BCUT2D eigenvalue weighted by atomic mass is 10.1. The summed E-state index contributed by atoms with van der Waals surface area (Å²) in [5.74, 6) is 2.82. The van der Waals surface area contributed by atoms with Crippen LogP contribution in [0, 0.1) is 0 Å². The minimum absolute atomic E-state index is 0.